The zero-order chi connectivity index (χ0) is 12.2. The Hall–Kier alpha value is -0.120. The van der Waals surface area contributed by atoms with Gasteiger partial charge in [-0.1, -0.05) is 13.8 Å². The van der Waals surface area contributed by atoms with E-state index in [9.17, 15) is 0 Å². The lowest BCUT2D eigenvalue weighted by molar-refractivity contribution is 0.0604. The summed E-state index contributed by atoms with van der Waals surface area (Å²) in [5.41, 5.74) is 6.29. The minimum Gasteiger partial charge on any atom is -0.329 e. The van der Waals surface area contributed by atoms with Gasteiger partial charge in [0.05, 0.1) is 0 Å². The fourth-order valence-electron chi connectivity index (χ4n) is 3.13. The minimum atomic E-state index is 0.247. The first-order valence-electron chi connectivity index (χ1n) is 6.71. The summed E-state index contributed by atoms with van der Waals surface area (Å²) in [6, 6.07) is 0.707. The molecule has 1 fully saturated rings. The van der Waals surface area contributed by atoms with Gasteiger partial charge in [-0.15, -0.1) is 0 Å². The molecule has 1 rings (SSSR count). The first-order valence-corrected chi connectivity index (χ1v) is 6.71. The molecule has 0 aromatic carbocycles. The van der Waals surface area contributed by atoms with Crippen LogP contribution < -0.4 is 5.73 Å². The predicted molar refractivity (Wildman–Crippen MR) is 70.6 cm³/mol. The van der Waals surface area contributed by atoms with E-state index in [1.807, 2.05) is 0 Å². The van der Waals surface area contributed by atoms with Crippen LogP contribution in [0.15, 0.2) is 0 Å². The molecule has 0 saturated carbocycles. The van der Waals surface area contributed by atoms with Crippen molar-refractivity contribution in [1.29, 1.82) is 0 Å². The average Bonchev–Trinajstić information content (AvgIpc) is 2.70. The Morgan fingerprint density at radius 2 is 1.94 bits per heavy atom. The van der Waals surface area contributed by atoms with Crippen LogP contribution in [0, 0.1) is 0 Å². The van der Waals surface area contributed by atoms with Crippen LogP contribution in [-0.4, -0.2) is 55.1 Å². The lowest BCUT2D eigenvalue weighted by Gasteiger charge is -2.44. The van der Waals surface area contributed by atoms with Crippen molar-refractivity contribution in [2.45, 2.75) is 51.1 Å². The molecule has 0 aromatic rings. The van der Waals surface area contributed by atoms with Gasteiger partial charge in [-0.25, -0.2) is 0 Å². The molecule has 0 radical (unpaired) electrons. The number of hydrogen-bond donors (Lipinski definition) is 1. The van der Waals surface area contributed by atoms with Crippen LogP contribution in [0.25, 0.3) is 0 Å². The van der Waals surface area contributed by atoms with Crippen molar-refractivity contribution in [2.75, 3.05) is 33.7 Å². The van der Waals surface area contributed by atoms with Gasteiger partial charge in [0.1, 0.15) is 0 Å². The molecule has 1 atom stereocenters. The van der Waals surface area contributed by atoms with Gasteiger partial charge in [0.25, 0.3) is 0 Å². The topological polar surface area (TPSA) is 32.5 Å². The summed E-state index contributed by atoms with van der Waals surface area (Å²) in [4.78, 5) is 4.99. The SMILES string of the molecule is CCC(CC)(CN)N1CCCC1CN(C)C. The molecule has 96 valence electrons. The second-order valence-electron chi connectivity index (χ2n) is 5.39. The van der Waals surface area contributed by atoms with Gasteiger partial charge in [0.2, 0.25) is 0 Å². The fourth-order valence-corrected chi connectivity index (χ4v) is 3.13. The van der Waals surface area contributed by atoms with E-state index in [-0.39, 0.29) is 5.54 Å². The summed E-state index contributed by atoms with van der Waals surface area (Å²) in [7, 11) is 4.33. The highest BCUT2D eigenvalue weighted by Gasteiger charge is 2.39. The molecule has 3 heteroatoms. The molecule has 1 heterocycles. The minimum absolute atomic E-state index is 0.247. The van der Waals surface area contributed by atoms with Gasteiger partial charge in [-0.05, 0) is 46.3 Å². The second-order valence-corrected chi connectivity index (χ2v) is 5.39. The van der Waals surface area contributed by atoms with Crippen molar-refractivity contribution >= 4 is 0 Å². The first kappa shape index (κ1) is 13.9. The summed E-state index contributed by atoms with van der Waals surface area (Å²) in [6.45, 7) is 7.76. The van der Waals surface area contributed by atoms with E-state index < -0.39 is 0 Å². The zero-order valence-corrected chi connectivity index (χ0v) is 11.5. The largest absolute Gasteiger partial charge is 0.329 e. The van der Waals surface area contributed by atoms with Crippen molar-refractivity contribution in [3.63, 3.8) is 0 Å². The highest BCUT2D eigenvalue weighted by molar-refractivity contribution is 4.96. The lowest BCUT2D eigenvalue weighted by Crippen LogP contribution is -2.56. The van der Waals surface area contributed by atoms with Crippen LogP contribution >= 0.6 is 0 Å². The fraction of sp³-hybridized carbons (Fsp3) is 1.00. The zero-order valence-electron chi connectivity index (χ0n) is 11.5. The van der Waals surface area contributed by atoms with E-state index in [4.69, 9.17) is 5.73 Å². The molecule has 1 aliphatic rings. The molecule has 1 saturated heterocycles. The third-order valence-corrected chi connectivity index (χ3v) is 4.26. The molecule has 1 unspecified atom stereocenters. The number of likely N-dealkylation sites (tertiary alicyclic amines) is 1. The summed E-state index contributed by atoms with van der Waals surface area (Å²) >= 11 is 0. The summed E-state index contributed by atoms with van der Waals surface area (Å²) in [5, 5.41) is 0. The van der Waals surface area contributed by atoms with Gasteiger partial charge in [-0.2, -0.15) is 0 Å². The van der Waals surface area contributed by atoms with Crippen LogP contribution in [0.4, 0.5) is 0 Å². The molecule has 1 aliphatic heterocycles. The van der Waals surface area contributed by atoms with Crippen LogP contribution in [-0.2, 0) is 0 Å². The normalized spacial score (nSPS) is 23.2. The standard InChI is InChI=1S/C13H29N3/c1-5-13(6-2,11-14)16-9-7-8-12(16)10-15(3)4/h12H,5-11,14H2,1-4H3. The Balaban J connectivity index is 2.75. The van der Waals surface area contributed by atoms with Crippen LogP contribution in [0.3, 0.4) is 0 Å². The molecule has 0 spiro atoms. The molecule has 0 bridgehead atoms. The van der Waals surface area contributed by atoms with E-state index in [2.05, 4.69) is 37.7 Å². The molecule has 3 nitrogen and oxygen atoms in total. The van der Waals surface area contributed by atoms with E-state index in [1.165, 1.54) is 38.8 Å². The highest BCUT2D eigenvalue weighted by atomic mass is 15.3. The molecule has 0 amide bonds. The summed E-state index contributed by atoms with van der Waals surface area (Å²) < 4.78 is 0. The predicted octanol–water partition coefficient (Wildman–Crippen LogP) is 1.53. The number of nitrogens with two attached hydrogens (primary N) is 1. The van der Waals surface area contributed by atoms with Gasteiger partial charge >= 0.3 is 0 Å². The monoisotopic (exact) mass is 227 g/mol. The van der Waals surface area contributed by atoms with Gasteiger partial charge in [-0.3, -0.25) is 4.90 Å². The summed E-state index contributed by atoms with van der Waals surface area (Å²) in [5.74, 6) is 0. The Labute approximate surface area is 101 Å². The molecule has 16 heavy (non-hydrogen) atoms. The van der Waals surface area contributed by atoms with E-state index in [0.717, 1.165) is 6.54 Å². The average molecular weight is 227 g/mol. The quantitative estimate of drug-likeness (QED) is 0.747. The van der Waals surface area contributed by atoms with Crippen molar-refractivity contribution < 1.29 is 0 Å². The Morgan fingerprint density at radius 3 is 2.38 bits per heavy atom. The van der Waals surface area contributed by atoms with E-state index in [1.54, 1.807) is 0 Å². The second kappa shape index (κ2) is 5.99. The maximum absolute atomic E-state index is 6.05. The van der Waals surface area contributed by atoms with Crippen LogP contribution in [0.1, 0.15) is 39.5 Å². The Kier molecular flexibility index (Phi) is 5.22. The molecule has 2 N–H and O–H groups in total. The van der Waals surface area contributed by atoms with Crippen LogP contribution in [0.2, 0.25) is 0 Å². The third-order valence-electron chi connectivity index (χ3n) is 4.26. The molecular formula is C13H29N3. The van der Waals surface area contributed by atoms with Gasteiger partial charge in [0, 0.05) is 24.7 Å². The van der Waals surface area contributed by atoms with Crippen LogP contribution in [0.5, 0.6) is 0 Å². The van der Waals surface area contributed by atoms with Crippen molar-refractivity contribution in [3.8, 4) is 0 Å². The third kappa shape index (κ3) is 2.76. The maximum Gasteiger partial charge on any atom is 0.0329 e. The van der Waals surface area contributed by atoms with Crippen molar-refractivity contribution in [2.24, 2.45) is 5.73 Å². The van der Waals surface area contributed by atoms with Crippen molar-refractivity contribution in [3.05, 3.63) is 0 Å². The van der Waals surface area contributed by atoms with Crippen molar-refractivity contribution in [1.82, 2.24) is 9.80 Å². The molecular weight excluding hydrogens is 198 g/mol. The Bertz CT molecular complexity index is 191. The maximum atomic E-state index is 6.05. The van der Waals surface area contributed by atoms with Gasteiger partial charge < -0.3 is 10.6 Å². The Morgan fingerprint density at radius 1 is 1.31 bits per heavy atom. The smallest absolute Gasteiger partial charge is 0.0329 e. The van der Waals surface area contributed by atoms with E-state index in [0.29, 0.717) is 6.04 Å². The lowest BCUT2D eigenvalue weighted by atomic mass is 9.90. The molecule has 0 aliphatic carbocycles. The number of hydrogen-bond acceptors (Lipinski definition) is 3. The number of likely N-dealkylation sites (N-methyl/N-ethyl adjacent to an activating group) is 1. The summed E-state index contributed by atoms with van der Waals surface area (Å²) in [6.07, 6.45) is 5.01. The molecule has 0 aromatic heterocycles. The number of nitrogens with zero attached hydrogens (tertiary/aromatic N) is 2. The van der Waals surface area contributed by atoms with Gasteiger partial charge in [0.15, 0.2) is 0 Å². The number of rotatable bonds is 6. The van der Waals surface area contributed by atoms with E-state index >= 15 is 0 Å². The highest BCUT2D eigenvalue weighted by Crippen LogP contribution is 2.31. The first-order chi connectivity index (χ1) is 7.59.